The number of amides is 1. The molecule has 1 amide bonds. The monoisotopic (exact) mass is 564 g/mol. The fraction of sp³-hybridized carbons (Fsp3) is 0.720. The molecular formula is C25H35F3N2O7S. The van der Waals surface area contributed by atoms with E-state index in [4.69, 9.17) is 19.0 Å². The minimum Gasteiger partial charge on any atom is -0.381 e. The molecule has 1 unspecified atom stereocenters. The number of benzene rings is 1. The molecule has 0 spiro atoms. The predicted octanol–water partition coefficient (Wildman–Crippen LogP) is 3.39. The summed E-state index contributed by atoms with van der Waals surface area (Å²) >= 11 is 0. The van der Waals surface area contributed by atoms with Crippen LogP contribution in [0.15, 0.2) is 24.3 Å². The maximum Gasteiger partial charge on any atom is 0.416 e. The molecule has 1 N–H and O–H groups in total. The summed E-state index contributed by atoms with van der Waals surface area (Å²) in [5.41, 5.74) is 2.29. The van der Waals surface area contributed by atoms with Gasteiger partial charge in [-0.2, -0.15) is 13.2 Å². The molecule has 0 saturated carbocycles. The maximum atomic E-state index is 13.8. The highest BCUT2D eigenvalue weighted by atomic mass is 32.2. The standard InChI is InChI=1S/C25H35F3N2O7S/c26-25(27,28)21-6-4-19(5-7-21)17-35-18-20-8-12-30(13-9-20)38(32,33)24(10-15-34-16-11-24)23(31)29-37-22-3-1-2-14-36-22/h4-7,20,22H,1-3,8-18H2,(H,29,31). The number of rotatable bonds is 9. The fourth-order valence-corrected chi connectivity index (χ4v) is 7.16. The van der Waals surface area contributed by atoms with Gasteiger partial charge in [-0.25, -0.2) is 23.0 Å². The van der Waals surface area contributed by atoms with Crippen LogP contribution in [0.1, 0.15) is 56.1 Å². The van der Waals surface area contributed by atoms with Gasteiger partial charge in [0.05, 0.1) is 12.2 Å². The molecule has 38 heavy (non-hydrogen) atoms. The first kappa shape index (κ1) is 29.2. The van der Waals surface area contributed by atoms with Crippen molar-refractivity contribution in [3.05, 3.63) is 35.4 Å². The lowest BCUT2D eigenvalue weighted by atomic mass is 9.98. The number of sulfonamides is 1. The van der Waals surface area contributed by atoms with Gasteiger partial charge >= 0.3 is 6.18 Å². The lowest BCUT2D eigenvalue weighted by molar-refractivity contribution is -0.202. The number of carbonyl (C=O) groups excluding carboxylic acids is 1. The summed E-state index contributed by atoms with van der Waals surface area (Å²) in [6.07, 6.45) is -1.37. The van der Waals surface area contributed by atoms with Gasteiger partial charge < -0.3 is 14.2 Å². The minimum atomic E-state index is -4.38. The highest BCUT2D eigenvalue weighted by Gasteiger charge is 2.54. The number of halogens is 3. The van der Waals surface area contributed by atoms with Gasteiger partial charge in [0.2, 0.25) is 10.0 Å². The van der Waals surface area contributed by atoms with Crippen LogP contribution < -0.4 is 5.48 Å². The Morgan fingerprint density at radius 3 is 2.34 bits per heavy atom. The van der Waals surface area contributed by atoms with Crippen molar-refractivity contribution in [1.29, 1.82) is 0 Å². The zero-order valence-corrected chi connectivity index (χ0v) is 22.0. The van der Waals surface area contributed by atoms with E-state index in [1.54, 1.807) is 0 Å². The summed E-state index contributed by atoms with van der Waals surface area (Å²) in [5, 5.41) is 0. The third-order valence-corrected chi connectivity index (χ3v) is 10.1. The molecule has 0 aromatic heterocycles. The van der Waals surface area contributed by atoms with Gasteiger partial charge in [0.25, 0.3) is 5.91 Å². The smallest absolute Gasteiger partial charge is 0.381 e. The zero-order chi connectivity index (χ0) is 27.2. The first-order valence-corrected chi connectivity index (χ1v) is 14.4. The SMILES string of the molecule is O=C(NOC1CCCCO1)C1(S(=O)(=O)N2CCC(COCc3ccc(C(F)(F)F)cc3)CC2)CCOCC1. The molecule has 3 heterocycles. The normalized spacial score (nSPS) is 23.7. The van der Waals surface area contributed by atoms with E-state index in [0.29, 0.717) is 38.0 Å². The van der Waals surface area contributed by atoms with Crippen molar-refractivity contribution in [2.45, 2.75) is 68.8 Å². The van der Waals surface area contributed by atoms with Crippen molar-refractivity contribution >= 4 is 15.9 Å². The van der Waals surface area contributed by atoms with E-state index in [1.807, 2.05) is 0 Å². The number of nitrogens with zero attached hydrogens (tertiary/aromatic N) is 1. The Kier molecular flexibility index (Phi) is 9.69. The Labute approximate surface area is 220 Å². The Hall–Kier alpha value is -1.77. The molecule has 0 bridgehead atoms. The van der Waals surface area contributed by atoms with E-state index in [0.717, 1.165) is 25.0 Å². The van der Waals surface area contributed by atoms with Crippen LogP contribution in [0.2, 0.25) is 0 Å². The number of hydroxylamine groups is 1. The molecule has 9 nitrogen and oxygen atoms in total. The average Bonchev–Trinajstić information content (AvgIpc) is 2.92. The van der Waals surface area contributed by atoms with E-state index >= 15 is 0 Å². The predicted molar refractivity (Wildman–Crippen MR) is 130 cm³/mol. The van der Waals surface area contributed by atoms with E-state index in [-0.39, 0.29) is 51.7 Å². The summed E-state index contributed by atoms with van der Waals surface area (Å²) in [6.45, 7) is 1.87. The highest BCUT2D eigenvalue weighted by molar-refractivity contribution is 7.91. The van der Waals surface area contributed by atoms with Gasteiger partial charge in [-0.15, -0.1) is 0 Å². The molecule has 1 aromatic rings. The number of hydrogen-bond acceptors (Lipinski definition) is 7. The van der Waals surface area contributed by atoms with Gasteiger partial charge in [0.15, 0.2) is 11.0 Å². The Balaban J connectivity index is 1.29. The second kappa shape index (κ2) is 12.6. The van der Waals surface area contributed by atoms with Crippen LogP contribution in [-0.4, -0.2) is 69.2 Å². The van der Waals surface area contributed by atoms with Crippen LogP contribution in [0, 0.1) is 5.92 Å². The number of carbonyl (C=O) groups is 1. The highest BCUT2D eigenvalue weighted by Crippen LogP contribution is 2.35. The topological polar surface area (TPSA) is 103 Å². The van der Waals surface area contributed by atoms with Crippen LogP contribution >= 0.6 is 0 Å². The Morgan fingerprint density at radius 1 is 1.05 bits per heavy atom. The third kappa shape index (κ3) is 6.86. The number of ether oxygens (including phenoxy) is 3. The Bertz CT molecular complexity index is 1020. The van der Waals surface area contributed by atoms with Gasteiger partial charge in [0, 0.05) is 58.8 Å². The first-order valence-electron chi connectivity index (χ1n) is 13.0. The maximum absolute atomic E-state index is 13.8. The molecule has 3 aliphatic rings. The second-order valence-corrected chi connectivity index (χ2v) is 12.3. The summed E-state index contributed by atoms with van der Waals surface area (Å²) in [5.74, 6) is -0.598. The zero-order valence-electron chi connectivity index (χ0n) is 21.2. The van der Waals surface area contributed by atoms with Gasteiger partial charge in [-0.05, 0) is 49.3 Å². The summed E-state index contributed by atoms with van der Waals surface area (Å²) in [4.78, 5) is 18.6. The lowest BCUT2D eigenvalue weighted by Gasteiger charge is -2.41. The number of alkyl halides is 3. The van der Waals surface area contributed by atoms with Crippen molar-refractivity contribution < 1.29 is 45.4 Å². The molecular weight excluding hydrogens is 529 g/mol. The van der Waals surface area contributed by atoms with Crippen LogP contribution in [0.3, 0.4) is 0 Å². The summed E-state index contributed by atoms with van der Waals surface area (Å²) in [6, 6.07) is 4.83. The molecule has 0 radical (unpaired) electrons. The third-order valence-electron chi connectivity index (χ3n) is 7.45. The van der Waals surface area contributed by atoms with E-state index in [2.05, 4.69) is 5.48 Å². The Morgan fingerprint density at radius 2 is 1.74 bits per heavy atom. The molecule has 214 valence electrons. The first-order chi connectivity index (χ1) is 18.1. The van der Waals surface area contributed by atoms with Gasteiger partial charge in [-0.1, -0.05) is 12.1 Å². The molecule has 13 heteroatoms. The van der Waals surface area contributed by atoms with Gasteiger partial charge in [0.1, 0.15) is 0 Å². The average molecular weight is 565 g/mol. The van der Waals surface area contributed by atoms with Gasteiger partial charge in [-0.3, -0.25) is 4.79 Å². The molecule has 4 rings (SSSR count). The van der Waals surface area contributed by atoms with Crippen molar-refractivity contribution in [3.63, 3.8) is 0 Å². The van der Waals surface area contributed by atoms with E-state index < -0.39 is 38.7 Å². The summed E-state index contributed by atoms with van der Waals surface area (Å²) in [7, 11) is -4.01. The lowest BCUT2D eigenvalue weighted by Crippen LogP contribution is -2.61. The largest absolute Gasteiger partial charge is 0.416 e. The molecule has 0 aliphatic carbocycles. The number of hydrogen-bond donors (Lipinski definition) is 1. The van der Waals surface area contributed by atoms with E-state index in [9.17, 15) is 26.4 Å². The van der Waals surface area contributed by atoms with E-state index in [1.165, 1.54) is 16.4 Å². The van der Waals surface area contributed by atoms with Crippen LogP contribution in [0.25, 0.3) is 0 Å². The fourth-order valence-electron chi connectivity index (χ4n) is 5.02. The minimum absolute atomic E-state index is 0.0339. The van der Waals surface area contributed by atoms with Crippen LogP contribution in [0.5, 0.6) is 0 Å². The molecule has 1 aromatic carbocycles. The quantitative estimate of drug-likeness (QED) is 0.459. The number of nitrogens with one attached hydrogen (secondary N) is 1. The van der Waals surface area contributed by atoms with Crippen molar-refractivity contribution in [3.8, 4) is 0 Å². The van der Waals surface area contributed by atoms with Crippen molar-refractivity contribution in [2.75, 3.05) is 39.5 Å². The van der Waals surface area contributed by atoms with Crippen LogP contribution in [0.4, 0.5) is 13.2 Å². The summed E-state index contributed by atoms with van der Waals surface area (Å²) < 4.78 is 81.9. The van der Waals surface area contributed by atoms with Crippen LogP contribution in [-0.2, 0) is 46.6 Å². The second-order valence-electron chi connectivity index (χ2n) is 10.0. The van der Waals surface area contributed by atoms with Crippen molar-refractivity contribution in [2.24, 2.45) is 5.92 Å². The molecule has 3 saturated heterocycles. The van der Waals surface area contributed by atoms with Crippen molar-refractivity contribution in [1.82, 2.24) is 9.79 Å². The number of piperidine rings is 1. The molecule has 1 atom stereocenters. The molecule has 3 fully saturated rings. The molecule has 3 aliphatic heterocycles.